The summed E-state index contributed by atoms with van der Waals surface area (Å²) in [6.07, 6.45) is 0. The summed E-state index contributed by atoms with van der Waals surface area (Å²) < 4.78 is 0.506. The van der Waals surface area contributed by atoms with E-state index in [0.717, 1.165) is 0 Å². The number of hydrogen-bond donors (Lipinski definition) is 3. The average Bonchev–Trinajstić information content (AvgIpc) is 2.30. The van der Waals surface area contributed by atoms with Gasteiger partial charge in [0.25, 0.3) is 0 Å². The summed E-state index contributed by atoms with van der Waals surface area (Å²) in [6, 6.07) is 3.78. The zero-order chi connectivity index (χ0) is 13.9. The number of amides is 1. The Morgan fingerprint density at radius 2 is 2.00 bits per heavy atom. The van der Waals surface area contributed by atoms with Crippen LogP contribution in [0.15, 0.2) is 22.7 Å². The molecule has 5 nitrogen and oxygen atoms in total. The second kappa shape index (κ2) is 5.97. The molecular weight excluding hydrogens is 300 g/mol. The van der Waals surface area contributed by atoms with E-state index in [4.69, 9.17) is 10.8 Å². The van der Waals surface area contributed by atoms with Gasteiger partial charge in [-0.25, -0.2) is 4.79 Å². The minimum Gasteiger partial charge on any atom is -0.478 e. The highest BCUT2D eigenvalue weighted by Crippen LogP contribution is 2.24. The molecule has 0 heterocycles. The Kier molecular flexibility index (Phi) is 4.86. The van der Waals surface area contributed by atoms with E-state index in [1.807, 2.05) is 13.8 Å². The van der Waals surface area contributed by atoms with E-state index in [-0.39, 0.29) is 17.4 Å². The molecule has 6 heteroatoms. The standard InChI is InChI=1S/C12H15BrN2O3/c1-6(2)10(14)11(16)15-9-4-3-7(12(17)18)5-8(9)13/h3-6,10H,14H2,1-2H3,(H,15,16)(H,17,18)/t10-/m1/s1. The number of benzene rings is 1. The van der Waals surface area contributed by atoms with Gasteiger partial charge in [0.1, 0.15) is 0 Å². The van der Waals surface area contributed by atoms with Gasteiger partial charge in [-0.3, -0.25) is 4.79 Å². The summed E-state index contributed by atoms with van der Waals surface area (Å²) in [5.74, 6) is -1.29. The fourth-order valence-electron chi connectivity index (χ4n) is 1.27. The Labute approximate surface area is 113 Å². The van der Waals surface area contributed by atoms with Crippen molar-refractivity contribution >= 4 is 33.5 Å². The number of anilines is 1. The lowest BCUT2D eigenvalue weighted by molar-refractivity contribution is -0.118. The second-order valence-corrected chi connectivity index (χ2v) is 5.11. The van der Waals surface area contributed by atoms with Crippen LogP contribution in [0.3, 0.4) is 0 Å². The summed E-state index contributed by atoms with van der Waals surface area (Å²) in [5.41, 5.74) is 6.36. The van der Waals surface area contributed by atoms with Crippen LogP contribution in [0.25, 0.3) is 0 Å². The van der Waals surface area contributed by atoms with Crippen LogP contribution in [0.4, 0.5) is 5.69 Å². The van der Waals surface area contributed by atoms with Gasteiger partial charge in [-0.15, -0.1) is 0 Å². The third-order valence-electron chi connectivity index (χ3n) is 2.49. The molecule has 0 aliphatic rings. The zero-order valence-electron chi connectivity index (χ0n) is 10.1. The van der Waals surface area contributed by atoms with Gasteiger partial charge in [0.05, 0.1) is 17.3 Å². The maximum Gasteiger partial charge on any atom is 0.335 e. The van der Waals surface area contributed by atoms with Crippen molar-refractivity contribution < 1.29 is 14.7 Å². The van der Waals surface area contributed by atoms with Gasteiger partial charge in [0.2, 0.25) is 5.91 Å². The number of halogens is 1. The fraction of sp³-hybridized carbons (Fsp3) is 0.333. The highest BCUT2D eigenvalue weighted by Gasteiger charge is 2.18. The van der Waals surface area contributed by atoms with Crippen LogP contribution in [0.1, 0.15) is 24.2 Å². The minimum absolute atomic E-state index is 0.0297. The van der Waals surface area contributed by atoms with Crippen LogP contribution in [-0.4, -0.2) is 23.0 Å². The van der Waals surface area contributed by atoms with E-state index in [1.54, 1.807) is 0 Å². The lowest BCUT2D eigenvalue weighted by Crippen LogP contribution is -2.39. The number of carbonyl (C=O) groups excluding carboxylic acids is 1. The Hall–Kier alpha value is -1.40. The van der Waals surface area contributed by atoms with Crippen LogP contribution >= 0.6 is 15.9 Å². The van der Waals surface area contributed by atoms with Crippen LogP contribution in [0, 0.1) is 5.92 Å². The molecular formula is C12H15BrN2O3. The lowest BCUT2D eigenvalue weighted by atomic mass is 10.0. The van der Waals surface area contributed by atoms with Crippen LogP contribution < -0.4 is 11.1 Å². The van der Waals surface area contributed by atoms with Crippen LogP contribution in [0.5, 0.6) is 0 Å². The van der Waals surface area contributed by atoms with E-state index < -0.39 is 12.0 Å². The smallest absolute Gasteiger partial charge is 0.335 e. The third kappa shape index (κ3) is 3.54. The molecule has 0 unspecified atom stereocenters. The summed E-state index contributed by atoms with van der Waals surface area (Å²) in [7, 11) is 0. The van der Waals surface area contributed by atoms with Gasteiger partial charge >= 0.3 is 5.97 Å². The number of hydrogen-bond acceptors (Lipinski definition) is 3. The van der Waals surface area contributed by atoms with Crippen LogP contribution in [0.2, 0.25) is 0 Å². The summed E-state index contributed by atoms with van der Waals surface area (Å²) in [4.78, 5) is 22.5. The number of nitrogens with two attached hydrogens (primary N) is 1. The van der Waals surface area contributed by atoms with E-state index in [0.29, 0.717) is 10.2 Å². The molecule has 18 heavy (non-hydrogen) atoms. The molecule has 1 aromatic carbocycles. The fourth-order valence-corrected chi connectivity index (χ4v) is 1.75. The first-order valence-electron chi connectivity index (χ1n) is 5.42. The van der Waals surface area contributed by atoms with Crippen molar-refractivity contribution in [3.63, 3.8) is 0 Å². The molecule has 98 valence electrons. The quantitative estimate of drug-likeness (QED) is 0.793. The molecule has 0 fully saturated rings. The van der Waals surface area contributed by atoms with Crippen LogP contribution in [-0.2, 0) is 4.79 Å². The first kappa shape index (κ1) is 14.7. The Bertz CT molecular complexity index is 474. The van der Waals surface area contributed by atoms with Gasteiger partial charge in [-0.05, 0) is 40.0 Å². The summed E-state index contributed by atoms with van der Waals surface area (Å²) in [5, 5.41) is 11.5. The van der Waals surface area contributed by atoms with Crippen molar-refractivity contribution in [3.8, 4) is 0 Å². The van der Waals surface area contributed by atoms with Gasteiger partial charge in [-0.1, -0.05) is 13.8 Å². The van der Waals surface area contributed by atoms with Crippen molar-refractivity contribution in [3.05, 3.63) is 28.2 Å². The van der Waals surface area contributed by atoms with Gasteiger partial charge in [0, 0.05) is 4.47 Å². The first-order chi connectivity index (χ1) is 8.32. The molecule has 0 saturated heterocycles. The molecule has 1 atom stereocenters. The summed E-state index contributed by atoms with van der Waals surface area (Å²) >= 11 is 3.21. The zero-order valence-corrected chi connectivity index (χ0v) is 11.7. The number of rotatable bonds is 4. The molecule has 0 radical (unpaired) electrons. The Morgan fingerprint density at radius 3 is 2.44 bits per heavy atom. The highest BCUT2D eigenvalue weighted by atomic mass is 79.9. The van der Waals surface area contributed by atoms with Crippen molar-refractivity contribution in [1.82, 2.24) is 0 Å². The Balaban J connectivity index is 2.86. The molecule has 1 aromatic rings. The second-order valence-electron chi connectivity index (χ2n) is 4.26. The maximum atomic E-state index is 11.8. The monoisotopic (exact) mass is 314 g/mol. The normalized spacial score (nSPS) is 12.3. The molecule has 0 saturated carbocycles. The molecule has 0 aliphatic heterocycles. The van der Waals surface area contributed by atoms with Crippen molar-refractivity contribution in [2.24, 2.45) is 11.7 Å². The van der Waals surface area contributed by atoms with E-state index in [1.165, 1.54) is 18.2 Å². The van der Waals surface area contributed by atoms with E-state index in [9.17, 15) is 9.59 Å². The number of carboxylic acids is 1. The largest absolute Gasteiger partial charge is 0.478 e. The molecule has 0 spiro atoms. The van der Waals surface area contributed by atoms with Gasteiger partial charge in [-0.2, -0.15) is 0 Å². The van der Waals surface area contributed by atoms with Gasteiger partial charge < -0.3 is 16.2 Å². The predicted molar refractivity (Wildman–Crippen MR) is 72.5 cm³/mol. The third-order valence-corrected chi connectivity index (χ3v) is 3.15. The Morgan fingerprint density at radius 1 is 1.39 bits per heavy atom. The molecule has 0 aromatic heterocycles. The number of aromatic carboxylic acids is 1. The average molecular weight is 315 g/mol. The first-order valence-corrected chi connectivity index (χ1v) is 6.21. The summed E-state index contributed by atoms with van der Waals surface area (Å²) in [6.45, 7) is 3.71. The van der Waals surface area contributed by atoms with E-state index in [2.05, 4.69) is 21.2 Å². The maximum absolute atomic E-state index is 11.8. The number of carbonyl (C=O) groups is 2. The molecule has 1 rings (SSSR count). The molecule has 4 N–H and O–H groups in total. The number of carboxylic acid groups (broad SMARTS) is 1. The predicted octanol–water partition coefficient (Wildman–Crippen LogP) is 2.07. The molecule has 0 bridgehead atoms. The topological polar surface area (TPSA) is 92.4 Å². The minimum atomic E-state index is -1.02. The number of nitrogens with one attached hydrogen (secondary N) is 1. The highest BCUT2D eigenvalue weighted by molar-refractivity contribution is 9.10. The lowest BCUT2D eigenvalue weighted by Gasteiger charge is -2.16. The van der Waals surface area contributed by atoms with Crippen molar-refractivity contribution in [2.45, 2.75) is 19.9 Å². The SMILES string of the molecule is CC(C)[C@@H](N)C(=O)Nc1ccc(C(=O)O)cc1Br. The van der Waals surface area contributed by atoms with Crippen molar-refractivity contribution in [2.75, 3.05) is 5.32 Å². The van der Waals surface area contributed by atoms with Crippen molar-refractivity contribution in [1.29, 1.82) is 0 Å². The van der Waals surface area contributed by atoms with E-state index >= 15 is 0 Å². The molecule has 0 aliphatic carbocycles. The molecule has 1 amide bonds. The van der Waals surface area contributed by atoms with Gasteiger partial charge in [0.15, 0.2) is 0 Å².